The van der Waals surface area contributed by atoms with Crippen molar-refractivity contribution in [3.8, 4) is 5.75 Å². The van der Waals surface area contributed by atoms with Gasteiger partial charge in [0.25, 0.3) is 5.69 Å². The number of non-ortho nitro benzene ring substituents is 1. The molecule has 25 heavy (non-hydrogen) atoms. The number of hydrogen-bond donors (Lipinski definition) is 0. The quantitative estimate of drug-likeness (QED) is 0.360. The fourth-order valence-electron chi connectivity index (χ4n) is 2.17. The smallest absolute Gasteiger partial charge is 0.363 e. The summed E-state index contributed by atoms with van der Waals surface area (Å²) in [5, 5.41) is 10.8. The van der Waals surface area contributed by atoms with Crippen LogP contribution in [0.15, 0.2) is 53.2 Å². The van der Waals surface area contributed by atoms with E-state index in [1.807, 2.05) is 0 Å². The Bertz CT molecular complexity index is 919. The average molecular weight is 359 g/mol. The minimum atomic E-state index is -0.625. The van der Waals surface area contributed by atoms with E-state index in [-0.39, 0.29) is 22.3 Å². The zero-order valence-electron chi connectivity index (χ0n) is 12.9. The molecule has 126 valence electrons. The highest BCUT2D eigenvalue weighted by atomic mass is 35.5. The van der Waals surface area contributed by atoms with Gasteiger partial charge in [-0.05, 0) is 29.8 Å². The molecule has 0 spiro atoms. The molecule has 0 amide bonds. The number of nitro benzene ring substituents is 1. The van der Waals surface area contributed by atoms with Gasteiger partial charge in [0.05, 0.1) is 22.6 Å². The van der Waals surface area contributed by atoms with E-state index in [1.165, 1.54) is 18.2 Å². The SMILES string of the molecule is COc1ccc(C=C2N=C(c3ccc([N+](=O)[O-])cc3Cl)OC2=O)cc1. The molecule has 0 N–H and O–H groups in total. The predicted octanol–water partition coefficient (Wildman–Crippen LogP) is 3.60. The average Bonchev–Trinajstić information content (AvgIpc) is 2.95. The van der Waals surface area contributed by atoms with Gasteiger partial charge in [0.1, 0.15) is 5.75 Å². The zero-order chi connectivity index (χ0) is 18.0. The molecule has 7 nitrogen and oxygen atoms in total. The molecule has 1 aliphatic heterocycles. The second-order valence-electron chi connectivity index (χ2n) is 5.03. The highest BCUT2D eigenvalue weighted by Crippen LogP contribution is 2.27. The molecule has 0 saturated carbocycles. The van der Waals surface area contributed by atoms with Crippen LogP contribution in [-0.2, 0) is 9.53 Å². The Kier molecular flexibility index (Phi) is 4.49. The van der Waals surface area contributed by atoms with Gasteiger partial charge in [-0.15, -0.1) is 0 Å². The van der Waals surface area contributed by atoms with Crippen molar-refractivity contribution >= 4 is 35.2 Å². The van der Waals surface area contributed by atoms with Gasteiger partial charge in [-0.2, -0.15) is 0 Å². The van der Waals surface area contributed by atoms with E-state index in [9.17, 15) is 14.9 Å². The molecule has 3 rings (SSSR count). The van der Waals surface area contributed by atoms with Crippen molar-refractivity contribution in [2.24, 2.45) is 4.99 Å². The highest BCUT2D eigenvalue weighted by molar-refractivity contribution is 6.34. The lowest BCUT2D eigenvalue weighted by atomic mass is 10.2. The number of methoxy groups -OCH3 is 1. The molecule has 0 atom stereocenters. The summed E-state index contributed by atoms with van der Waals surface area (Å²) < 4.78 is 10.2. The van der Waals surface area contributed by atoms with Crippen LogP contribution in [0.25, 0.3) is 6.08 Å². The number of rotatable bonds is 4. The molecule has 0 fully saturated rings. The van der Waals surface area contributed by atoms with Crippen LogP contribution in [0.1, 0.15) is 11.1 Å². The maximum absolute atomic E-state index is 12.0. The van der Waals surface area contributed by atoms with E-state index in [2.05, 4.69) is 4.99 Å². The van der Waals surface area contributed by atoms with Gasteiger partial charge in [-0.25, -0.2) is 9.79 Å². The third-order valence-corrected chi connectivity index (χ3v) is 3.75. The van der Waals surface area contributed by atoms with Crippen LogP contribution in [-0.4, -0.2) is 23.9 Å². The van der Waals surface area contributed by atoms with E-state index in [0.29, 0.717) is 11.3 Å². The molecule has 0 aromatic heterocycles. The summed E-state index contributed by atoms with van der Waals surface area (Å²) in [6.07, 6.45) is 1.56. The highest BCUT2D eigenvalue weighted by Gasteiger charge is 2.26. The normalized spacial score (nSPS) is 15.0. The molecule has 0 aliphatic carbocycles. The van der Waals surface area contributed by atoms with Crippen molar-refractivity contribution in [2.45, 2.75) is 0 Å². The van der Waals surface area contributed by atoms with E-state index < -0.39 is 10.9 Å². The van der Waals surface area contributed by atoms with Gasteiger partial charge in [-0.3, -0.25) is 10.1 Å². The van der Waals surface area contributed by atoms with E-state index >= 15 is 0 Å². The Morgan fingerprint density at radius 2 is 1.96 bits per heavy atom. The van der Waals surface area contributed by atoms with Gasteiger partial charge in [0.2, 0.25) is 5.90 Å². The summed E-state index contributed by atoms with van der Waals surface area (Å²) in [6, 6.07) is 10.9. The molecule has 0 unspecified atom stereocenters. The number of carbonyl (C=O) groups excluding carboxylic acids is 1. The van der Waals surface area contributed by atoms with Gasteiger partial charge in [0, 0.05) is 12.1 Å². The maximum Gasteiger partial charge on any atom is 0.363 e. The number of nitrogens with zero attached hydrogens (tertiary/aromatic N) is 2. The minimum absolute atomic E-state index is 0.00431. The van der Waals surface area contributed by atoms with Gasteiger partial charge in [0.15, 0.2) is 5.70 Å². The number of halogens is 1. The van der Waals surface area contributed by atoms with Crippen LogP contribution >= 0.6 is 11.6 Å². The van der Waals surface area contributed by atoms with Crippen molar-refractivity contribution in [1.82, 2.24) is 0 Å². The third kappa shape index (κ3) is 3.51. The molecule has 2 aromatic carbocycles. The summed E-state index contributed by atoms with van der Waals surface area (Å²) >= 11 is 6.03. The first-order valence-electron chi connectivity index (χ1n) is 7.09. The van der Waals surface area contributed by atoms with Gasteiger partial charge >= 0.3 is 5.97 Å². The van der Waals surface area contributed by atoms with Crippen molar-refractivity contribution in [3.05, 3.63) is 74.4 Å². The Labute approximate surface area is 147 Å². The first-order valence-corrected chi connectivity index (χ1v) is 7.46. The summed E-state index contributed by atoms with van der Waals surface area (Å²) in [5.41, 5.74) is 0.994. The van der Waals surface area contributed by atoms with Crippen LogP contribution in [0.4, 0.5) is 5.69 Å². The fraction of sp³-hybridized carbons (Fsp3) is 0.0588. The number of carbonyl (C=O) groups is 1. The number of hydrogen-bond acceptors (Lipinski definition) is 6. The fourth-order valence-corrected chi connectivity index (χ4v) is 2.43. The molecule has 1 heterocycles. The molecule has 2 aromatic rings. The molecule has 0 radical (unpaired) electrons. The Hall–Kier alpha value is -3.19. The number of ether oxygens (including phenoxy) is 2. The lowest BCUT2D eigenvalue weighted by Crippen LogP contribution is -2.06. The van der Waals surface area contributed by atoms with Crippen molar-refractivity contribution < 1.29 is 19.2 Å². The lowest BCUT2D eigenvalue weighted by Gasteiger charge is -2.02. The molecule has 1 aliphatic rings. The molecule has 8 heteroatoms. The third-order valence-electron chi connectivity index (χ3n) is 3.43. The van der Waals surface area contributed by atoms with Crippen molar-refractivity contribution in [2.75, 3.05) is 7.11 Å². The van der Waals surface area contributed by atoms with Crippen molar-refractivity contribution in [1.29, 1.82) is 0 Å². The summed E-state index contributed by atoms with van der Waals surface area (Å²) in [6.45, 7) is 0. The Morgan fingerprint density at radius 1 is 1.24 bits per heavy atom. The predicted molar refractivity (Wildman–Crippen MR) is 91.7 cm³/mol. The first-order chi connectivity index (χ1) is 12.0. The maximum atomic E-state index is 12.0. The number of nitro groups is 1. The zero-order valence-corrected chi connectivity index (χ0v) is 13.7. The molecule has 0 bridgehead atoms. The van der Waals surface area contributed by atoms with Crippen molar-refractivity contribution in [3.63, 3.8) is 0 Å². The van der Waals surface area contributed by atoms with E-state index in [4.69, 9.17) is 21.1 Å². The Morgan fingerprint density at radius 3 is 2.56 bits per heavy atom. The first kappa shape index (κ1) is 16.7. The monoisotopic (exact) mass is 358 g/mol. The topological polar surface area (TPSA) is 91.0 Å². The van der Waals surface area contributed by atoms with Crippen LogP contribution in [0, 0.1) is 10.1 Å². The summed E-state index contributed by atoms with van der Waals surface area (Å²) in [4.78, 5) is 26.3. The second-order valence-corrected chi connectivity index (χ2v) is 5.44. The van der Waals surface area contributed by atoms with Crippen LogP contribution in [0.3, 0.4) is 0 Å². The number of benzene rings is 2. The number of esters is 1. The largest absolute Gasteiger partial charge is 0.497 e. The summed E-state index contributed by atoms with van der Waals surface area (Å²) in [5.74, 6) is 0.0721. The summed E-state index contributed by atoms with van der Waals surface area (Å²) in [7, 11) is 1.56. The van der Waals surface area contributed by atoms with Crippen LogP contribution < -0.4 is 4.74 Å². The van der Waals surface area contributed by atoms with Gasteiger partial charge < -0.3 is 9.47 Å². The molecular weight excluding hydrogens is 348 g/mol. The lowest BCUT2D eigenvalue weighted by molar-refractivity contribution is -0.384. The molecular formula is C17H11ClN2O5. The van der Waals surface area contributed by atoms with Crippen LogP contribution in [0.5, 0.6) is 5.75 Å². The van der Waals surface area contributed by atoms with E-state index in [0.717, 1.165) is 5.56 Å². The second kappa shape index (κ2) is 6.74. The van der Waals surface area contributed by atoms with E-state index in [1.54, 1.807) is 37.5 Å². The standard InChI is InChI=1S/C17H11ClN2O5/c1-24-12-5-2-10(3-6-12)8-15-17(21)25-16(19-15)13-7-4-11(20(22)23)9-14(13)18/h2-9H,1H3. The minimum Gasteiger partial charge on any atom is -0.497 e. The number of cyclic esters (lactones) is 1. The molecule has 0 saturated heterocycles. The van der Waals surface area contributed by atoms with Gasteiger partial charge in [-0.1, -0.05) is 23.7 Å². The Balaban J connectivity index is 1.91. The number of aliphatic imine (C=N–C) groups is 1. The van der Waals surface area contributed by atoms with Crippen LogP contribution in [0.2, 0.25) is 5.02 Å².